The molecule has 2 heteroatoms. The molecule has 292 valence electrons. The van der Waals surface area contributed by atoms with Gasteiger partial charge in [-0.05, 0) is 91.2 Å². The van der Waals surface area contributed by atoms with Gasteiger partial charge in [-0.1, -0.05) is 212 Å². The van der Waals surface area contributed by atoms with Gasteiger partial charge in [0.2, 0.25) is 0 Å². The molecule has 1 N–H and O–H groups in total. The topological polar surface area (TPSA) is 15.3 Å². The molecule has 1 unspecified atom stereocenters. The maximum atomic E-state index is 3.87. The van der Waals surface area contributed by atoms with E-state index in [0.29, 0.717) is 0 Å². The monoisotopic (exact) mass is 790 g/mol. The van der Waals surface area contributed by atoms with Gasteiger partial charge >= 0.3 is 0 Å². The van der Waals surface area contributed by atoms with E-state index in [-0.39, 0.29) is 0 Å². The van der Waals surface area contributed by atoms with Gasteiger partial charge in [0.05, 0.1) is 17.1 Å². The zero-order chi connectivity index (χ0) is 41.0. The number of fused-ring (bicyclic) bond motifs is 6. The molecule has 0 fully saturated rings. The van der Waals surface area contributed by atoms with Crippen molar-refractivity contribution in [3.8, 4) is 0 Å². The summed E-state index contributed by atoms with van der Waals surface area (Å²) < 4.78 is 0. The van der Waals surface area contributed by atoms with Crippen LogP contribution in [0.3, 0.4) is 0 Å². The van der Waals surface area contributed by atoms with Crippen LogP contribution in [-0.4, -0.2) is 0 Å². The molecule has 0 saturated heterocycles. The number of rotatable bonds is 7. The lowest BCUT2D eigenvalue weighted by Crippen LogP contribution is -2.49. The molecule has 0 spiro atoms. The van der Waals surface area contributed by atoms with E-state index in [4.69, 9.17) is 0 Å². The highest BCUT2D eigenvalue weighted by molar-refractivity contribution is 6.21. The molecule has 62 heavy (non-hydrogen) atoms. The van der Waals surface area contributed by atoms with Crippen LogP contribution in [0.1, 0.15) is 28.7 Å². The summed E-state index contributed by atoms with van der Waals surface area (Å²) in [4.78, 5) is 2.69. The molecule has 0 heterocycles. The summed E-state index contributed by atoms with van der Waals surface area (Å²) in [5.74, 6) is 0. The van der Waals surface area contributed by atoms with Crippen molar-refractivity contribution in [3.05, 3.63) is 270 Å². The minimum atomic E-state index is -0.796. The first-order chi connectivity index (χ1) is 30.8. The fourth-order valence-corrected chi connectivity index (χ4v) is 10.6. The quantitative estimate of drug-likeness (QED) is 0.162. The predicted molar refractivity (Wildman–Crippen MR) is 263 cm³/mol. The summed E-state index contributed by atoms with van der Waals surface area (Å²) in [7, 11) is 0. The SMILES string of the molecule is C1=CCC2=C(c3c4ccccc4c(Nc4ccccc4)c4ccccc34)c3ccccc3C(c3ccccc3)(N(c3cccc4ccccc34)c3cccc4ccccc34)C2=C1. The molecule has 2 aliphatic rings. The van der Waals surface area contributed by atoms with Crippen LogP contribution in [0.5, 0.6) is 0 Å². The molecular formula is C60H42N2. The Labute approximate surface area is 362 Å². The lowest BCUT2D eigenvalue weighted by molar-refractivity contribution is 0.609. The lowest BCUT2D eigenvalue weighted by atomic mass is 9.62. The first-order valence-electron chi connectivity index (χ1n) is 21.6. The summed E-state index contributed by atoms with van der Waals surface area (Å²) in [5, 5.41) is 13.5. The summed E-state index contributed by atoms with van der Waals surface area (Å²) in [6.45, 7) is 0. The molecular weight excluding hydrogens is 749 g/mol. The number of nitrogens with zero attached hydrogens (tertiary/aromatic N) is 1. The van der Waals surface area contributed by atoms with Crippen LogP contribution in [0.4, 0.5) is 22.7 Å². The Bertz CT molecular complexity index is 3320. The standard InChI is InChI=1S/C60H42N2/c1-3-25-43(26-4-1)60(62(55-39-19-23-41-21-7-9-29-45(41)55)56-40-20-24-42-22-8-10-30-46(42)56)53-37-17-15-35-51(53)58(52-36-16-18-38-54(52)60)57-47-31-11-13-33-49(47)59(50-34-14-12-32-48(50)57)61-44-27-5-2-6-28-44/h1-35,37-40,61H,36H2. The van der Waals surface area contributed by atoms with Crippen molar-refractivity contribution < 1.29 is 0 Å². The van der Waals surface area contributed by atoms with Crippen molar-refractivity contribution in [3.63, 3.8) is 0 Å². The van der Waals surface area contributed by atoms with Crippen molar-refractivity contribution in [2.45, 2.75) is 12.0 Å². The molecule has 10 aromatic carbocycles. The Morgan fingerprint density at radius 3 is 1.56 bits per heavy atom. The number of nitrogens with one attached hydrogen (secondary N) is 1. The average molecular weight is 791 g/mol. The van der Waals surface area contributed by atoms with Gasteiger partial charge in [-0.15, -0.1) is 0 Å². The molecule has 2 nitrogen and oxygen atoms in total. The Morgan fingerprint density at radius 2 is 0.935 bits per heavy atom. The van der Waals surface area contributed by atoms with Gasteiger partial charge in [0.15, 0.2) is 0 Å². The Morgan fingerprint density at radius 1 is 0.435 bits per heavy atom. The van der Waals surface area contributed by atoms with Crippen LogP contribution < -0.4 is 10.2 Å². The van der Waals surface area contributed by atoms with Crippen molar-refractivity contribution in [2.24, 2.45) is 0 Å². The van der Waals surface area contributed by atoms with Gasteiger partial charge in [0, 0.05) is 27.2 Å². The molecule has 0 radical (unpaired) electrons. The third-order valence-corrected chi connectivity index (χ3v) is 13.1. The maximum absolute atomic E-state index is 3.87. The minimum absolute atomic E-state index is 0.787. The van der Waals surface area contributed by atoms with E-state index in [1.54, 1.807) is 0 Å². The molecule has 10 aromatic rings. The molecule has 0 amide bonds. The number of hydrogen-bond acceptors (Lipinski definition) is 2. The molecule has 1 atom stereocenters. The summed E-state index contributed by atoms with van der Waals surface area (Å²) in [5.41, 5.74) is 12.6. The highest BCUT2D eigenvalue weighted by Gasteiger charge is 2.51. The van der Waals surface area contributed by atoms with Gasteiger partial charge in [0.1, 0.15) is 5.54 Å². The Kier molecular flexibility index (Phi) is 8.50. The van der Waals surface area contributed by atoms with Crippen LogP contribution in [-0.2, 0) is 5.54 Å². The largest absolute Gasteiger partial charge is 0.355 e. The van der Waals surface area contributed by atoms with E-state index in [9.17, 15) is 0 Å². The van der Waals surface area contributed by atoms with Gasteiger partial charge in [-0.25, -0.2) is 0 Å². The van der Waals surface area contributed by atoms with Crippen LogP contribution in [0, 0.1) is 0 Å². The zero-order valence-electron chi connectivity index (χ0n) is 34.2. The molecule has 12 rings (SSSR count). The average Bonchev–Trinajstić information content (AvgIpc) is 3.35. The van der Waals surface area contributed by atoms with E-state index in [2.05, 4.69) is 247 Å². The van der Waals surface area contributed by atoms with Crippen molar-refractivity contribution in [1.82, 2.24) is 0 Å². The lowest BCUT2D eigenvalue weighted by Gasteiger charge is -2.52. The van der Waals surface area contributed by atoms with Crippen molar-refractivity contribution in [1.29, 1.82) is 0 Å². The van der Waals surface area contributed by atoms with Gasteiger partial charge in [0.25, 0.3) is 0 Å². The second-order valence-electron chi connectivity index (χ2n) is 16.4. The molecule has 0 saturated carbocycles. The number of para-hydroxylation sites is 1. The molecule has 2 aliphatic carbocycles. The van der Waals surface area contributed by atoms with E-state index in [1.807, 2.05) is 0 Å². The zero-order valence-corrected chi connectivity index (χ0v) is 34.2. The second kappa shape index (κ2) is 14.7. The van der Waals surface area contributed by atoms with Gasteiger partial charge in [-0.2, -0.15) is 0 Å². The fourth-order valence-electron chi connectivity index (χ4n) is 10.6. The summed E-state index contributed by atoms with van der Waals surface area (Å²) >= 11 is 0. The van der Waals surface area contributed by atoms with E-state index in [0.717, 1.165) is 29.2 Å². The third kappa shape index (κ3) is 5.43. The van der Waals surface area contributed by atoms with E-state index < -0.39 is 5.54 Å². The van der Waals surface area contributed by atoms with E-state index >= 15 is 0 Å². The van der Waals surface area contributed by atoms with Crippen molar-refractivity contribution >= 4 is 71.4 Å². The third-order valence-electron chi connectivity index (χ3n) is 13.1. The number of anilines is 4. The predicted octanol–water partition coefficient (Wildman–Crippen LogP) is 15.8. The van der Waals surface area contributed by atoms with E-state index in [1.165, 1.54) is 82.1 Å². The molecule has 0 aliphatic heterocycles. The maximum Gasteiger partial charge on any atom is 0.122 e. The van der Waals surface area contributed by atoms with Crippen molar-refractivity contribution in [2.75, 3.05) is 10.2 Å². The number of allylic oxidation sites excluding steroid dienone is 3. The summed E-state index contributed by atoms with van der Waals surface area (Å²) in [6.07, 6.45) is 7.84. The van der Waals surface area contributed by atoms with Crippen LogP contribution >= 0.6 is 0 Å². The van der Waals surface area contributed by atoms with Crippen LogP contribution in [0.2, 0.25) is 0 Å². The Hall–Kier alpha value is -7.94. The summed E-state index contributed by atoms with van der Waals surface area (Å²) in [6, 6.07) is 80.3. The van der Waals surface area contributed by atoms with Crippen LogP contribution in [0.15, 0.2) is 248 Å². The second-order valence-corrected chi connectivity index (χ2v) is 16.4. The molecule has 0 aromatic heterocycles. The first-order valence-corrected chi connectivity index (χ1v) is 21.6. The fraction of sp³-hybridized carbons (Fsp3) is 0.0333. The van der Waals surface area contributed by atoms with Crippen LogP contribution in [0.25, 0.3) is 48.7 Å². The highest BCUT2D eigenvalue weighted by atomic mass is 15.2. The molecule has 0 bridgehead atoms. The number of hydrogen-bond donors (Lipinski definition) is 1. The first kappa shape index (κ1) is 36.0. The normalized spacial score (nSPS) is 15.7. The smallest absolute Gasteiger partial charge is 0.122 e. The minimum Gasteiger partial charge on any atom is -0.355 e. The number of benzene rings is 10. The van der Waals surface area contributed by atoms with Gasteiger partial charge in [-0.3, -0.25) is 0 Å². The van der Waals surface area contributed by atoms with Gasteiger partial charge < -0.3 is 10.2 Å². The highest BCUT2D eigenvalue weighted by Crippen LogP contribution is 2.60. The Balaban J connectivity index is 1.24.